The molecule has 1 heterocycles. The van der Waals surface area contributed by atoms with Gasteiger partial charge in [-0.25, -0.2) is 0 Å². The Balaban J connectivity index is 1.80. The normalized spacial score (nSPS) is 22.4. The number of fused-ring (bicyclic) bond motifs is 1. The summed E-state index contributed by atoms with van der Waals surface area (Å²) in [7, 11) is 2.07. The van der Waals surface area contributed by atoms with E-state index in [1.54, 1.807) is 0 Å². The van der Waals surface area contributed by atoms with Gasteiger partial charge in [-0.2, -0.15) is 0 Å². The van der Waals surface area contributed by atoms with Gasteiger partial charge in [0.2, 0.25) is 0 Å². The van der Waals surface area contributed by atoms with Crippen molar-refractivity contribution in [1.82, 2.24) is 10.3 Å². The number of likely N-dealkylation sites (N-methyl/N-ethyl adjacent to an activating group) is 1. The van der Waals surface area contributed by atoms with Crippen molar-refractivity contribution in [1.29, 1.82) is 0 Å². The molecule has 0 amide bonds. The highest BCUT2D eigenvalue weighted by Gasteiger charge is 2.49. The zero-order valence-electron chi connectivity index (χ0n) is 12.0. The van der Waals surface area contributed by atoms with Crippen molar-refractivity contribution in [2.75, 3.05) is 7.05 Å². The molecule has 1 saturated carbocycles. The number of para-hydroxylation sites is 1. The smallest absolute Gasteiger partial charge is 0.0705 e. The fraction of sp³-hybridized carbons (Fsp3) is 0.471. The van der Waals surface area contributed by atoms with E-state index in [0.29, 0.717) is 11.5 Å². The molecule has 0 spiro atoms. The summed E-state index contributed by atoms with van der Waals surface area (Å²) in [5, 5.41) is 4.70. The monoisotopic (exact) mass is 254 g/mol. The SMILES string of the molecule is CNC(Cc1ccc2ccccc2n1)C1CC1(C)C. The van der Waals surface area contributed by atoms with Gasteiger partial charge in [-0.15, -0.1) is 0 Å². The molecule has 2 aromatic rings. The minimum Gasteiger partial charge on any atom is -0.316 e. The number of nitrogens with zero attached hydrogens (tertiary/aromatic N) is 1. The largest absolute Gasteiger partial charge is 0.316 e. The number of nitrogens with one attached hydrogen (secondary N) is 1. The first-order chi connectivity index (χ1) is 9.10. The Morgan fingerprint density at radius 3 is 2.68 bits per heavy atom. The van der Waals surface area contributed by atoms with Crippen molar-refractivity contribution in [2.45, 2.75) is 32.7 Å². The van der Waals surface area contributed by atoms with Crippen LogP contribution in [-0.4, -0.2) is 18.1 Å². The highest BCUT2D eigenvalue weighted by Crippen LogP contribution is 2.53. The average molecular weight is 254 g/mol. The first-order valence-electron chi connectivity index (χ1n) is 7.12. The third-order valence-electron chi connectivity index (χ3n) is 4.53. The molecule has 0 aliphatic heterocycles. The van der Waals surface area contributed by atoms with E-state index in [4.69, 9.17) is 4.98 Å². The van der Waals surface area contributed by atoms with Crippen molar-refractivity contribution in [2.24, 2.45) is 11.3 Å². The van der Waals surface area contributed by atoms with Gasteiger partial charge in [0.1, 0.15) is 0 Å². The summed E-state index contributed by atoms with van der Waals surface area (Å²) < 4.78 is 0. The summed E-state index contributed by atoms with van der Waals surface area (Å²) in [6.45, 7) is 4.71. The number of pyridine rings is 1. The van der Waals surface area contributed by atoms with E-state index < -0.39 is 0 Å². The predicted octanol–water partition coefficient (Wildman–Crippen LogP) is 3.41. The van der Waals surface area contributed by atoms with Crippen LogP contribution in [0.2, 0.25) is 0 Å². The molecule has 0 radical (unpaired) electrons. The highest BCUT2D eigenvalue weighted by atomic mass is 14.9. The number of hydrogen-bond donors (Lipinski definition) is 1. The zero-order chi connectivity index (χ0) is 13.5. The van der Waals surface area contributed by atoms with E-state index in [9.17, 15) is 0 Å². The summed E-state index contributed by atoms with van der Waals surface area (Å²) in [6, 6.07) is 13.2. The molecule has 100 valence electrons. The molecule has 2 atom stereocenters. The standard InChI is InChI=1S/C17H22N2/c1-17(2)11-14(17)16(18-3)10-13-9-8-12-6-4-5-7-15(12)19-13/h4-9,14,16,18H,10-11H2,1-3H3. The van der Waals surface area contributed by atoms with Crippen molar-refractivity contribution in [3.63, 3.8) is 0 Å². The van der Waals surface area contributed by atoms with Crippen LogP contribution >= 0.6 is 0 Å². The van der Waals surface area contributed by atoms with E-state index in [2.05, 4.69) is 62.6 Å². The molecule has 19 heavy (non-hydrogen) atoms. The number of aromatic nitrogens is 1. The lowest BCUT2D eigenvalue weighted by Crippen LogP contribution is -2.31. The highest BCUT2D eigenvalue weighted by molar-refractivity contribution is 5.78. The zero-order valence-corrected chi connectivity index (χ0v) is 12.0. The first kappa shape index (κ1) is 12.6. The summed E-state index contributed by atoms with van der Waals surface area (Å²) in [5.74, 6) is 0.783. The molecule has 1 fully saturated rings. The van der Waals surface area contributed by atoms with Crippen LogP contribution in [0.25, 0.3) is 10.9 Å². The Hall–Kier alpha value is -1.41. The maximum Gasteiger partial charge on any atom is 0.0705 e. The third-order valence-corrected chi connectivity index (χ3v) is 4.53. The van der Waals surface area contributed by atoms with Crippen molar-refractivity contribution >= 4 is 10.9 Å². The molecule has 1 aliphatic rings. The van der Waals surface area contributed by atoms with Crippen LogP contribution in [0.3, 0.4) is 0 Å². The second-order valence-corrected chi connectivity index (χ2v) is 6.39. The number of hydrogen-bond acceptors (Lipinski definition) is 2. The van der Waals surface area contributed by atoms with Crippen LogP contribution < -0.4 is 5.32 Å². The average Bonchev–Trinajstić information content (AvgIpc) is 3.04. The van der Waals surface area contributed by atoms with Gasteiger partial charge in [-0.1, -0.05) is 38.1 Å². The molecule has 1 aromatic carbocycles. The minimum absolute atomic E-state index is 0.504. The van der Waals surface area contributed by atoms with Crippen LogP contribution in [0.15, 0.2) is 36.4 Å². The number of rotatable bonds is 4. The van der Waals surface area contributed by atoms with Crippen LogP contribution in [0.4, 0.5) is 0 Å². The van der Waals surface area contributed by atoms with Crippen LogP contribution in [0.1, 0.15) is 26.0 Å². The lowest BCUT2D eigenvalue weighted by molar-refractivity contribution is 0.423. The Kier molecular flexibility index (Phi) is 3.06. The van der Waals surface area contributed by atoms with Crippen molar-refractivity contribution < 1.29 is 0 Å². The van der Waals surface area contributed by atoms with E-state index in [0.717, 1.165) is 17.9 Å². The minimum atomic E-state index is 0.504. The van der Waals surface area contributed by atoms with Crippen LogP contribution in [0, 0.1) is 11.3 Å². The van der Waals surface area contributed by atoms with Crippen LogP contribution in [-0.2, 0) is 6.42 Å². The van der Waals surface area contributed by atoms with Gasteiger partial charge in [0.25, 0.3) is 0 Å². The molecule has 2 heteroatoms. The Bertz CT molecular complexity index is 589. The van der Waals surface area contributed by atoms with Gasteiger partial charge in [-0.05, 0) is 36.9 Å². The molecular formula is C17H22N2. The lowest BCUT2D eigenvalue weighted by atomic mass is 9.99. The third kappa shape index (κ3) is 2.50. The van der Waals surface area contributed by atoms with E-state index >= 15 is 0 Å². The molecule has 2 nitrogen and oxygen atoms in total. The summed E-state index contributed by atoms with van der Waals surface area (Å²) >= 11 is 0. The summed E-state index contributed by atoms with van der Waals surface area (Å²) in [4.78, 5) is 4.78. The fourth-order valence-electron chi connectivity index (χ4n) is 3.09. The van der Waals surface area contributed by atoms with Gasteiger partial charge in [-0.3, -0.25) is 4.98 Å². The van der Waals surface area contributed by atoms with Crippen molar-refractivity contribution in [3.05, 3.63) is 42.1 Å². The molecule has 3 rings (SSSR count). The molecule has 1 aliphatic carbocycles. The Labute approximate surface area is 115 Å². The second kappa shape index (κ2) is 4.61. The molecule has 1 aromatic heterocycles. The summed E-state index contributed by atoms with van der Waals surface area (Å²) in [6.07, 6.45) is 2.35. The van der Waals surface area contributed by atoms with Gasteiger partial charge >= 0.3 is 0 Å². The van der Waals surface area contributed by atoms with Crippen LogP contribution in [0.5, 0.6) is 0 Å². The molecular weight excluding hydrogens is 232 g/mol. The quantitative estimate of drug-likeness (QED) is 0.904. The van der Waals surface area contributed by atoms with Gasteiger partial charge in [0.15, 0.2) is 0 Å². The number of benzene rings is 1. The van der Waals surface area contributed by atoms with Gasteiger partial charge in [0, 0.05) is 23.5 Å². The molecule has 0 saturated heterocycles. The molecule has 1 N–H and O–H groups in total. The Morgan fingerprint density at radius 2 is 2.00 bits per heavy atom. The van der Waals surface area contributed by atoms with Gasteiger partial charge < -0.3 is 5.32 Å². The summed E-state index contributed by atoms with van der Waals surface area (Å²) in [5.41, 5.74) is 2.80. The van der Waals surface area contributed by atoms with E-state index in [1.165, 1.54) is 17.5 Å². The van der Waals surface area contributed by atoms with E-state index in [1.807, 2.05) is 0 Å². The Morgan fingerprint density at radius 1 is 1.26 bits per heavy atom. The van der Waals surface area contributed by atoms with Gasteiger partial charge in [0.05, 0.1) is 5.52 Å². The second-order valence-electron chi connectivity index (χ2n) is 6.39. The van der Waals surface area contributed by atoms with Crippen molar-refractivity contribution in [3.8, 4) is 0 Å². The van der Waals surface area contributed by atoms with E-state index in [-0.39, 0.29) is 0 Å². The predicted molar refractivity (Wildman–Crippen MR) is 80.2 cm³/mol. The first-order valence-corrected chi connectivity index (χ1v) is 7.12. The lowest BCUT2D eigenvalue weighted by Gasteiger charge is -2.17. The maximum absolute atomic E-state index is 4.78. The molecule has 2 unspecified atom stereocenters. The topological polar surface area (TPSA) is 24.9 Å². The molecule has 0 bridgehead atoms. The fourth-order valence-corrected chi connectivity index (χ4v) is 3.09. The maximum atomic E-state index is 4.78.